The average Bonchev–Trinajstić information content (AvgIpc) is 3.33. The minimum Gasteiger partial charge on any atom is -0.472 e. The van der Waals surface area contributed by atoms with E-state index in [4.69, 9.17) is 13.9 Å². The number of carbonyl (C=O) groups excluding carboxylic acids is 2. The minimum atomic E-state index is -1.82. The van der Waals surface area contributed by atoms with Crippen LogP contribution < -0.4 is 0 Å². The van der Waals surface area contributed by atoms with Crippen molar-refractivity contribution >= 4 is 11.9 Å². The van der Waals surface area contributed by atoms with Crippen molar-refractivity contribution in [3.63, 3.8) is 0 Å². The summed E-state index contributed by atoms with van der Waals surface area (Å²) in [6, 6.07) is 1.76. The Morgan fingerprint density at radius 1 is 1.22 bits per heavy atom. The SMILES string of the molecule is CC1C(O)CC23COC(=O)C2(O)C=CCC3C12CC(c1ccoc1)OC2=O. The van der Waals surface area contributed by atoms with Crippen molar-refractivity contribution in [2.24, 2.45) is 22.7 Å². The lowest BCUT2D eigenvalue weighted by Gasteiger charge is -2.58. The van der Waals surface area contributed by atoms with E-state index in [-0.39, 0.29) is 30.8 Å². The third-order valence-corrected chi connectivity index (χ3v) is 7.58. The third kappa shape index (κ3) is 1.84. The average molecular weight is 374 g/mol. The maximum absolute atomic E-state index is 13.2. The maximum atomic E-state index is 13.2. The molecule has 3 heterocycles. The fraction of sp³-hybridized carbons (Fsp3) is 0.600. The summed E-state index contributed by atoms with van der Waals surface area (Å²) in [7, 11) is 0. The van der Waals surface area contributed by atoms with Gasteiger partial charge < -0.3 is 24.1 Å². The molecule has 7 atom stereocenters. The normalized spacial score (nSPS) is 48.3. The number of furan rings is 1. The molecule has 2 aliphatic heterocycles. The van der Waals surface area contributed by atoms with Crippen LogP contribution in [-0.2, 0) is 19.1 Å². The number of aliphatic hydroxyl groups excluding tert-OH is 1. The molecule has 2 aliphatic carbocycles. The maximum Gasteiger partial charge on any atom is 0.342 e. The number of cyclic esters (lactones) is 2. The van der Waals surface area contributed by atoms with Crippen LogP contribution >= 0.6 is 0 Å². The van der Waals surface area contributed by atoms with E-state index in [0.29, 0.717) is 12.8 Å². The molecule has 0 amide bonds. The zero-order valence-electron chi connectivity index (χ0n) is 15.0. The van der Waals surface area contributed by atoms with E-state index in [0.717, 1.165) is 5.56 Å². The first-order valence-corrected chi connectivity index (χ1v) is 9.34. The number of hydrogen-bond donors (Lipinski definition) is 2. The summed E-state index contributed by atoms with van der Waals surface area (Å²) < 4.78 is 16.1. The summed E-state index contributed by atoms with van der Waals surface area (Å²) in [5, 5.41) is 22.1. The Balaban J connectivity index is 1.65. The molecule has 3 fully saturated rings. The van der Waals surface area contributed by atoms with Gasteiger partial charge in [-0.25, -0.2) is 4.79 Å². The predicted molar refractivity (Wildman–Crippen MR) is 90.0 cm³/mol. The summed E-state index contributed by atoms with van der Waals surface area (Å²) >= 11 is 0. The van der Waals surface area contributed by atoms with E-state index < -0.39 is 34.6 Å². The van der Waals surface area contributed by atoms with Gasteiger partial charge in [0.1, 0.15) is 12.7 Å². The van der Waals surface area contributed by atoms with Gasteiger partial charge in [0.05, 0.1) is 29.5 Å². The molecule has 144 valence electrons. The molecule has 2 spiro atoms. The van der Waals surface area contributed by atoms with Gasteiger partial charge >= 0.3 is 11.9 Å². The van der Waals surface area contributed by atoms with Crippen molar-refractivity contribution < 1.29 is 33.7 Å². The van der Waals surface area contributed by atoms with Crippen molar-refractivity contribution in [3.8, 4) is 0 Å². The van der Waals surface area contributed by atoms with E-state index >= 15 is 0 Å². The van der Waals surface area contributed by atoms with Crippen LogP contribution in [0.1, 0.15) is 37.9 Å². The second-order valence-corrected chi connectivity index (χ2v) is 8.44. The first kappa shape index (κ1) is 17.0. The van der Waals surface area contributed by atoms with Crippen LogP contribution in [0, 0.1) is 22.7 Å². The Morgan fingerprint density at radius 3 is 2.78 bits per heavy atom. The molecular formula is C20H22O7. The number of allylic oxidation sites excluding steroid dienone is 1. The first-order chi connectivity index (χ1) is 12.8. The highest BCUT2D eigenvalue weighted by atomic mass is 16.6. The van der Waals surface area contributed by atoms with Crippen molar-refractivity contribution in [2.45, 2.75) is 44.0 Å². The summed E-state index contributed by atoms with van der Waals surface area (Å²) in [5.74, 6) is -1.84. The van der Waals surface area contributed by atoms with Crippen molar-refractivity contribution in [1.82, 2.24) is 0 Å². The van der Waals surface area contributed by atoms with E-state index in [1.807, 2.05) is 6.92 Å². The molecule has 4 aliphatic rings. The van der Waals surface area contributed by atoms with Crippen LogP contribution in [0.25, 0.3) is 0 Å². The molecule has 0 bridgehead atoms. The lowest BCUT2D eigenvalue weighted by molar-refractivity contribution is -0.196. The van der Waals surface area contributed by atoms with Crippen LogP contribution in [0.5, 0.6) is 0 Å². The molecule has 7 nitrogen and oxygen atoms in total. The van der Waals surface area contributed by atoms with E-state index in [9.17, 15) is 19.8 Å². The first-order valence-electron chi connectivity index (χ1n) is 9.34. The Hall–Kier alpha value is -2.12. The highest BCUT2D eigenvalue weighted by Gasteiger charge is 2.75. The number of ether oxygens (including phenoxy) is 2. The number of esters is 2. The zero-order valence-corrected chi connectivity index (χ0v) is 15.0. The summed E-state index contributed by atoms with van der Waals surface area (Å²) in [4.78, 5) is 25.6. The monoisotopic (exact) mass is 374 g/mol. The van der Waals surface area contributed by atoms with E-state index in [1.54, 1.807) is 18.4 Å². The fourth-order valence-corrected chi connectivity index (χ4v) is 6.06. The largest absolute Gasteiger partial charge is 0.472 e. The van der Waals surface area contributed by atoms with Crippen LogP contribution in [0.2, 0.25) is 0 Å². The number of carbonyl (C=O) groups is 2. The van der Waals surface area contributed by atoms with Gasteiger partial charge in [-0.05, 0) is 36.8 Å². The summed E-state index contributed by atoms with van der Waals surface area (Å²) in [5.41, 5.74) is -3.10. The van der Waals surface area contributed by atoms with Gasteiger partial charge in [0.15, 0.2) is 5.60 Å². The van der Waals surface area contributed by atoms with Gasteiger partial charge in [0, 0.05) is 12.0 Å². The van der Waals surface area contributed by atoms with Crippen LogP contribution in [0.3, 0.4) is 0 Å². The second-order valence-electron chi connectivity index (χ2n) is 8.44. The number of rotatable bonds is 1. The molecule has 0 aromatic carbocycles. The van der Waals surface area contributed by atoms with E-state index in [2.05, 4.69) is 0 Å². The van der Waals surface area contributed by atoms with Crippen molar-refractivity contribution in [3.05, 3.63) is 36.3 Å². The Labute approximate surface area is 155 Å². The molecule has 1 aromatic rings. The number of hydrogen-bond acceptors (Lipinski definition) is 7. The van der Waals surface area contributed by atoms with Crippen LogP contribution in [-0.4, -0.2) is 40.5 Å². The molecule has 7 unspecified atom stereocenters. The topological polar surface area (TPSA) is 106 Å². The quantitative estimate of drug-likeness (QED) is 0.567. The molecule has 27 heavy (non-hydrogen) atoms. The number of fused-ring (bicyclic) bond motifs is 1. The third-order valence-electron chi connectivity index (χ3n) is 7.58. The van der Waals surface area contributed by atoms with Gasteiger partial charge in [-0.2, -0.15) is 0 Å². The Kier molecular flexibility index (Phi) is 3.30. The molecule has 7 heteroatoms. The molecule has 0 radical (unpaired) electrons. The lowest BCUT2D eigenvalue weighted by Crippen LogP contribution is -2.66. The van der Waals surface area contributed by atoms with Gasteiger partial charge in [0.25, 0.3) is 0 Å². The fourth-order valence-electron chi connectivity index (χ4n) is 6.06. The second kappa shape index (κ2) is 5.23. The Bertz CT molecular complexity index is 829. The minimum absolute atomic E-state index is 0.00741. The van der Waals surface area contributed by atoms with Crippen molar-refractivity contribution in [1.29, 1.82) is 0 Å². The predicted octanol–water partition coefficient (Wildman–Crippen LogP) is 1.51. The lowest BCUT2D eigenvalue weighted by atomic mass is 9.44. The molecular weight excluding hydrogens is 352 g/mol. The highest BCUT2D eigenvalue weighted by Crippen LogP contribution is 2.68. The van der Waals surface area contributed by atoms with Crippen LogP contribution in [0.4, 0.5) is 0 Å². The molecule has 5 rings (SSSR count). The summed E-state index contributed by atoms with van der Waals surface area (Å²) in [6.07, 6.45) is 6.07. The smallest absolute Gasteiger partial charge is 0.342 e. The Morgan fingerprint density at radius 2 is 2.04 bits per heavy atom. The molecule has 2 saturated heterocycles. The van der Waals surface area contributed by atoms with Crippen molar-refractivity contribution in [2.75, 3.05) is 6.61 Å². The van der Waals surface area contributed by atoms with Gasteiger partial charge in [-0.3, -0.25) is 4.79 Å². The summed E-state index contributed by atoms with van der Waals surface area (Å²) in [6.45, 7) is 1.85. The standard InChI is InChI=1S/C20H22O7/c1-11-13(21)7-18-10-26-17(23)20(18,24)5-2-3-15(18)19(11)8-14(27-16(19)22)12-4-6-25-9-12/h2,4-6,9,11,13-15,21,24H,3,7-8,10H2,1H3. The van der Waals surface area contributed by atoms with E-state index in [1.165, 1.54) is 12.3 Å². The molecule has 1 aromatic heterocycles. The van der Waals surface area contributed by atoms with Crippen LogP contribution in [0.15, 0.2) is 35.2 Å². The highest BCUT2D eigenvalue weighted by molar-refractivity contribution is 5.87. The number of aliphatic hydroxyl groups is 2. The van der Waals surface area contributed by atoms with Gasteiger partial charge in [-0.15, -0.1) is 0 Å². The molecule has 1 saturated carbocycles. The molecule has 2 N–H and O–H groups in total. The zero-order chi connectivity index (χ0) is 19.0. The van der Waals surface area contributed by atoms with Gasteiger partial charge in [0.2, 0.25) is 0 Å². The van der Waals surface area contributed by atoms with Gasteiger partial charge in [-0.1, -0.05) is 13.0 Å².